The third kappa shape index (κ3) is 5.46. The number of aliphatic hydroxyl groups excluding tert-OH is 1. The largest absolute Gasteiger partial charge is 0.454 e. The zero-order valence-electron chi connectivity index (χ0n) is 28.6. The van der Waals surface area contributed by atoms with Gasteiger partial charge >= 0.3 is 0 Å². The third-order valence-electron chi connectivity index (χ3n) is 10.3. The van der Waals surface area contributed by atoms with E-state index in [-0.39, 0.29) is 30.9 Å². The summed E-state index contributed by atoms with van der Waals surface area (Å²) < 4.78 is 6.20. The summed E-state index contributed by atoms with van der Waals surface area (Å²) in [6, 6.07) is 36.2. The average molecular weight is 692 g/mol. The lowest BCUT2D eigenvalue weighted by molar-refractivity contribution is -0.138. The molecule has 0 fully saturated rings. The second-order valence-electron chi connectivity index (χ2n) is 13.4. The predicted molar refractivity (Wildman–Crippen MR) is 198 cm³/mol. The highest BCUT2D eigenvalue weighted by atomic mass is 16.5. The van der Waals surface area contributed by atoms with Gasteiger partial charge in [0.05, 0.1) is 29.6 Å². The standard InChI is InChI=1S/C43H37N3O6/c1-28(12-11-21-40(48)44-26-30-14-6-5-13-29(30)24-33(44)27-47)43(51)35-25-32(22-23-36(35)46(42(43)50)31-15-3-2-4-16-31)45-37-18-8-10-20-39(37)52-38-19-9-7-17-34(38)41(45)49/h2-20,22-23,25,28,33,47,51H,21,24,26-27H2,1H3/b12-11+/t28-,33-,43+/m0/s1. The lowest BCUT2D eigenvalue weighted by Gasteiger charge is -2.36. The van der Waals surface area contributed by atoms with Gasteiger partial charge in [-0.3, -0.25) is 24.2 Å². The fourth-order valence-corrected chi connectivity index (χ4v) is 7.57. The first-order chi connectivity index (χ1) is 25.3. The lowest BCUT2D eigenvalue weighted by atomic mass is 9.82. The second-order valence-corrected chi connectivity index (χ2v) is 13.4. The van der Waals surface area contributed by atoms with E-state index >= 15 is 0 Å². The molecule has 0 bridgehead atoms. The van der Waals surface area contributed by atoms with E-state index < -0.39 is 17.4 Å². The van der Waals surface area contributed by atoms with Crippen LogP contribution >= 0.6 is 0 Å². The topological polar surface area (TPSA) is 111 Å². The second kappa shape index (κ2) is 13.3. The normalized spacial score (nSPS) is 19.8. The van der Waals surface area contributed by atoms with E-state index in [9.17, 15) is 24.6 Å². The van der Waals surface area contributed by atoms with Crippen molar-refractivity contribution in [2.75, 3.05) is 16.4 Å². The number of carbonyl (C=O) groups excluding carboxylic acids is 3. The molecule has 52 heavy (non-hydrogen) atoms. The van der Waals surface area contributed by atoms with Crippen molar-refractivity contribution in [3.63, 3.8) is 0 Å². The van der Waals surface area contributed by atoms with E-state index in [1.54, 1.807) is 89.5 Å². The highest BCUT2D eigenvalue weighted by molar-refractivity contribution is 6.16. The van der Waals surface area contributed by atoms with E-state index in [2.05, 4.69) is 0 Å². The van der Waals surface area contributed by atoms with Crippen LogP contribution in [-0.4, -0.2) is 45.5 Å². The van der Waals surface area contributed by atoms with Gasteiger partial charge in [-0.05, 0) is 72.1 Å². The molecule has 0 radical (unpaired) electrons. The van der Waals surface area contributed by atoms with Crippen LogP contribution in [-0.2, 0) is 28.2 Å². The van der Waals surface area contributed by atoms with Crippen LogP contribution in [0.2, 0.25) is 0 Å². The zero-order valence-corrected chi connectivity index (χ0v) is 28.6. The Morgan fingerprint density at radius 3 is 2.31 bits per heavy atom. The summed E-state index contributed by atoms with van der Waals surface area (Å²) >= 11 is 0. The lowest BCUT2D eigenvalue weighted by Crippen LogP contribution is -2.46. The predicted octanol–water partition coefficient (Wildman–Crippen LogP) is 7.16. The Balaban J connectivity index is 1.15. The number of rotatable bonds is 7. The molecule has 3 heterocycles. The molecule has 5 aromatic carbocycles. The Bertz CT molecular complexity index is 2240. The molecule has 0 aliphatic carbocycles. The number of carbonyl (C=O) groups is 3. The molecule has 0 spiro atoms. The van der Waals surface area contributed by atoms with Crippen LogP contribution < -0.4 is 14.5 Å². The summed E-state index contributed by atoms with van der Waals surface area (Å²) in [7, 11) is 0. The quantitative estimate of drug-likeness (QED) is 0.175. The third-order valence-corrected chi connectivity index (χ3v) is 10.3. The monoisotopic (exact) mass is 691 g/mol. The molecule has 260 valence electrons. The Kier molecular flexibility index (Phi) is 8.45. The van der Waals surface area contributed by atoms with Crippen molar-refractivity contribution in [1.82, 2.24) is 4.90 Å². The molecular weight excluding hydrogens is 654 g/mol. The minimum atomic E-state index is -2.04. The molecule has 3 amide bonds. The van der Waals surface area contributed by atoms with Crippen molar-refractivity contribution in [1.29, 1.82) is 0 Å². The maximum atomic E-state index is 14.5. The van der Waals surface area contributed by atoms with E-state index in [0.717, 1.165) is 11.1 Å². The van der Waals surface area contributed by atoms with Crippen LogP contribution in [0.1, 0.15) is 40.4 Å². The van der Waals surface area contributed by atoms with Crippen LogP contribution in [0.25, 0.3) is 0 Å². The maximum absolute atomic E-state index is 14.5. The van der Waals surface area contributed by atoms with Gasteiger partial charge in [0.1, 0.15) is 5.75 Å². The van der Waals surface area contributed by atoms with E-state index in [1.165, 1.54) is 4.90 Å². The van der Waals surface area contributed by atoms with E-state index in [0.29, 0.717) is 58.3 Å². The Labute approximate surface area is 301 Å². The van der Waals surface area contributed by atoms with Gasteiger partial charge in [-0.15, -0.1) is 0 Å². The van der Waals surface area contributed by atoms with Crippen molar-refractivity contribution < 1.29 is 29.3 Å². The first-order valence-electron chi connectivity index (χ1n) is 17.4. The minimum absolute atomic E-state index is 0.0288. The van der Waals surface area contributed by atoms with E-state index in [4.69, 9.17) is 4.74 Å². The Hall–Kier alpha value is -6.03. The molecular formula is C43H37N3O6. The fraction of sp³-hybridized carbons (Fsp3) is 0.186. The molecule has 8 rings (SSSR count). The number of amides is 3. The number of aliphatic hydroxyl groups is 2. The minimum Gasteiger partial charge on any atom is -0.454 e. The van der Waals surface area contributed by atoms with Crippen molar-refractivity contribution in [2.45, 2.75) is 38.0 Å². The summed E-state index contributed by atoms with van der Waals surface area (Å²) in [6.07, 6.45) is 3.98. The molecule has 9 nitrogen and oxygen atoms in total. The summed E-state index contributed by atoms with van der Waals surface area (Å²) in [5.74, 6) is -0.878. The molecule has 0 saturated carbocycles. The van der Waals surface area contributed by atoms with Crippen LogP contribution in [0, 0.1) is 5.92 Å². The van der Waals surface area contributed by atoms with Gasteiger partial charge in [0.25, 0.3) is 11.8 Å². The Morgan fingerprint density at radius 2 is 1.52 bits per heavy atom. The molecule has 0 aromatic heterocycles. The van der Waals surface area contributed by atoms with Gasteiger partial charge in [-0.1, -0.05) is 85.8 Å². The van der Waals surface area contributed by atoms with Crippen molar-refractivity contribution in [3.8, 4) is 11.5 Å². The molecule has 0 unspecified atom stereocenters. The highest BCUT2D eigenvalue weighted by Crippen LogP contribution is 2.51. The maximum Gasteiger partial charge on any atom is 0.268 e. The van der Waals surface area contributed by atoms with Crippen molar-refractivity contribution in [3.05, 3.63) is 156 Å². The van der Waals surface area contributed by atoms with Gasteiger partial charge in [0.2, 0.25) is 5.91 Å². The summed E-state index contributed by atoms with van der Waals surface area (Å²) in [4.78, 5) is 47.0. The van der Waals surface area contributed by atoms with E-state index in [1.807, 2.05) is 60.7 Å². The zero-order chi connectivity index (χ0) is 36.0. The molecule has 3 aliphatic heterocycles. The average Bonchev–Trinajstić information content (AvgIpc) is 3.32. The number of hydrogen-bond acceptors (Lipinski definition) is 6. The molecule has 3 atom stereocenters. The Morgan fingerprint density at radius 1 is 0.827 bits per heavy atom. The van der Waals surface area contributed by atoms with Crippen LogP contribution in [0.3, 0.4) is 0 Å². The summed E-state index contributed by atoms with van der Waals surface area (Å²) in [5.41, 5.74) is 2.89. The summed E-state index contributed by atoms with van der Waals surface area (Å²) in [6.45, 7) is 2.00. The smallest absolute Gasteiger partial charge is 0.268 e. The highest BCUT2D eigenvalue weighted by Gasteiger charge is 2.53. The molecule has 0 saturated heterocycles. The molecule has 2 N–H and O–H groups in total. The number of fused-ring (bicyclic) bond motifs is 4. The van der Waals surface area contributed by atoms with Gasteiger partial charge < -0.3 is 19.8 Å². The van der Waals surface area contributed by atoms with Gasteiger partial charge in [0, 0.05) is 35.8 Å². The number of benzene rings is 5. The first-order valence-corrected chi connectivity index (χ1v) is 17.4. The van der Waals surface area contributed by atoms with Crippen molar-refractivity contribution >= 4 is 40.5 Å². The number of hydrogen-bond donors (Lipinski definition) is 2. The number of nitrogens with zero attached hydrogens (tertiary/aromatic N) is 3. The summed E-state index contributed by atoms with van der Waals surface area (Å²) in [5, 5.41) is 22.7. The van der Waals surface area contributed by atoms with Gasteiger partial charge in [-0.2, -0.15) is 0 Å². The van der Waals surface area contributed by atoms with Crippen LogP contribution in [0.4, 0.5) is 22.7 Å². The van der Waals surface area contributed by atoms with Gasteiger partial charge in [-0.25, -0.2) is 0 Å². The SMILES string of the molecule is C[C@@H](/C=C/CC(=O)N1Cc2ccccc2C[C@H]1CO)[C@]1(O)C(=O)N(c2ccccc2)c2ccc(N3C(=O)c4ccccc4Oc4ccccc43)cc21. The van der Waals surface area contributed by atoms with Crippen LogP contribution in [0.15, 0.2) is 133 Å². The molecule has 5 aromatic rings. The molecule has 3 aliphatic rings. The first kappa shape index (κ1) is 33.1. The van der Waals surface area contributed by atoms with Crippen LogP contribution in [0.5, 0.6) is 11.5 Å². The fourth-order valence-electron chi connectivity index (χ4n) is 7.57. The molecule has 9 heteroatoms. The number of para-hydroxylation sites is 4. The van der Waals surface area contributed by atoms with Crippen molar-refractivity contribution in [2.24, 2.45) is 5.92 Å². The number of ether oxygens (including phenoxy) is 1. The van der Waals surface area contributed by atoms with Gasteiger partial charge in [0.15, 0.2) is 11.4 Å². The number of anilines is 4.